The number of hydrogen-bond acceptors (Lipinski definition) is 4. The van der Waals surface area contributed by atoms with Crippen LogP contribution in [0.15, 0.2) is 30.3 Å². The molecular formula is C15H20N2O3S. The number of amides is 1. The molecule has 0 bridgehead atoms. The van der Waals surface area contributed by atoms with Crippen LogP contribution in [-0.4, -0.2) is 49.9 Å². The lowest BCUT2D eigenvalue weighted by atomic mass is 10.1. The van der Waals surface area contributed by atoms with Crippen LogP contribution in [0.2, 0.25) is 0 Å². The third-order valence-corrected chi connectivity index (χ3v) is 5.99. The molecular weight excluding hydrogens is 288 g/mol. The minimum absolute atomic E-state index is 0.00781. The Morgan fingerprint density at radius 3 is 2.62 bits per heavy atom. The lowest BCUT2D eigenvalue weighted by Crippen LogP contribution is -2.36. The maximum atomic E-state index is 12.4. The van der Waals surface area contributed by atoms with Crippen molar-refractivity contribution in [1.82, 2.24) is 4.90 Å². The molecule has 0 aliphatic carbocycles. The van der Waals surface area contributed by atoms with Gasteiger partial charge in [0.2, 0.25) is 5.91 Å². The van der Waals surface area contributed by atoms with Crippen LogP contribution >= 0.6 is 0 Å². The smallest absolute Gasteiger partial charge is 0.226 e. The van der Waals surface area contributed by atoms with E-state index in [0.29, 0.717) is 19.5 Å². The van der Waals surface area contributed by atoms with Gasteiger partial charge in [-0.25, -0.2) is 8.42 Å². The lowest BCUT2D eigenvalue weighted by molar-refractivity contribution is -0.133. The van der Waals surface area contributed by atoms with Crippen LogP contribution in [0.4, 0.5) is 5.69 Å². The number of para-hydroxylation sites is 1. The fraction of sp³-hybridized carbons (Fsp3) is 0.533. The first-order valence-corrected chi connectivity index (χ1v) is 9.16. The number of carbonyl (C=O) groups is 1. The predicted molar refractivity (Wildman–Crippen MR) is 81.8 cm³/mol. The number of sulfone groups is 1. The number of likely N-dealkylation sites (tertiary alicyclic amines) is 1. The van der Waals surface area contributed by atoms with E-state index in [1.807, 2.05) is 35.2 Å². The van der Waals surface area contributed by atoms with E-state index in [9.17, 15) is 13.2 Å². The standard InChI is InChI=1S/C15H20N2O3S/c18-15(12-7-9-21(19,20)11-12)17-8-6-14(10-17)16-13-4-2-1-3-5-13/h1-5,12,14,16H,6-11H2/t12-,14+/m0/s1. The van der Waals surface area contributed by atoms with Crippen LogP contribution in [0.5, 0.6) is 0 Å². The maximum Gasteiger partial charge on any atom is 0.226 e. The van der Waals surface area contributed by atoms with Crippen LogP contribution in [0.3, 0.4) is 0 Å². The second-order valence-electron chi connectivity index (χ2n) is 5.88. The fourth-order valence-corrected chi connectivity index (χ4v) is 4.83. The molecule has 1 aromatic rings. The first-order chi connectivity index (χ1) is 10.0. The molecule has 0 radical (unpaired) electrons. The van der Waals surface area contributed by atoms with Crippen LogP contribution < -0.4 is 5.32 Å². The third kappa shape index (κ3) is 3.37. The van der Waals surface area contributed by atoms with Gasteiger partial charge >= 0.3 is 0 Å². The Bertz CT molecular complexity index is 615. The van der Waals surface area contributed by atoms with Crippen molar-refractivity contribution >= 4 is 21.4 Å². The summed E-state index contributed by atoms with van der Waals surface area (Å²) in [7, 11) is -3.00. The van der Waals surface area contributed by atoms with Crippen molar-refractivity contribution in [2.24, 2.45) is 5.92 Å². The van der Waals surface area contributed by atoms with E-state index >= 15 is 0 Å². The molecule has 3 rings (SSSR count). The second kappa shape index (κ2) is 5.67. The quantitative estimate of drug-likeness (QED) is 0.909. The minimum Gasteiger partial charge on any atom is -0.380 e. The topological polar surface area (TPSA) is 66.5 Å². The van der Waals surface area contributed by atoms with Crippen LogP contribution in [0, 0.1) is 5.92 Å². The molecule has 2 fully saturated rings. The summed E-state index contributed by atoms with van der Waals surface area (Å²) in [5, 5.41) is 3.42. The van der Waals surface area contributed by atoms with Crippen LogP contribution in [-0.2, 0) is 14.6 Å². The van der Waals surface area contributed by atoms with Gasteiger partial charge < -0.3 is 10.2 Å². The second-order valence-corrected chi connectivity index (χ2v) is 8.11. The van der Waals surface area contributed by atoms with E-state index in [2.05, 4.69) is 5.32 Å². The highest BCUT2D eigenvalue weighted by Crippen LogP contribution is 2.24. The summed E-state index contributed by atoms with van der Waals surface area (Å²) in [5.74, 6) is -0.138. The van der Waals surface area contributed by atoms with Gasteiger partial charge in [-0.15, -0.1) is 0 Å². The highest BCUT2D eigenvalue weighted by molar-refractivity contribution is 7.91. The molecule has 2 aliphatic rings. The molecule has 114 valence electrons. The molecule has 0 unspecified atom stereocenters. The number of benzene rings is 1. The van der Waals surface area contributed by atoms with E-state index in [1.165, 1.54) is 0 Å². The third-order valence-electron chi connectivity index (χ3n) is 4.23. The van der Waals surface area contributed by atoms with Gasteiger partial charge in [-0.1, -0.05) is 18.2 Å². The van der Waals surface area contributed by atoms with E-state index < -0.39 is 9.84 Å². The van der Waals surface area contributed by atoms with Gasteiger partial charge in [0.25, 0.3) is 0 Å². The molecule has 1 aromatic carbocycles. The maximum absolute atomic E-state index is 12.4. The van der Waals surface area contributed by atoms with Gasteiger partial charge in [-0.05, 0) is 25.0 Å². The summed E-state index contributed by atoms with van der Waals surface area (Å²) < 4.78 is 23.0. The summed E-state index contributed by atoms with van der Waals surface area (Å²) in [6.07, 6.45) is 1.38. The predicted octanol–water partition coefficient (Wildman–Crippen LogP) is 1.13. The molecule has 0 saturated carbocycles. The molecule has 6 heteroatoms. The molecule has 2 aliphatic heterocycles. The lowest BCUT2D eigenvalue weighted by Gasteiger charge is -2.20. The highest BCUT2D eigenvalue weighted by Gasteiger charge is 2.37. The first-order valence-electron chi connectivity index (χ1n) is 7.34. The van der Waals surface area contributed by atoms with Gasteiger partial charge in [-0.3, -0.25) is 4.79 Å². The number of anilines is 1. The first kappa shape index (κ1) is 14.4. The summed E-state index contributed by atoms with van der Waals surface area (Å²) in [6.45, 7) is 1.37. The summed E-state index contributed by atoms with van der Waals surface area (Å²) >= 11 is 0. The molecule has 2 atom stereocenters. The normalized spacial score (nSPS) is 27.7. The highest BCUT2D eigenvalue weighted by atomic mass is 32.2. The SMILES string of the molecule is O=C([C@H]1CCS(=O)(=O)C1)N1CC[C@@H](Nc2ccccc2)C1. The fourth-order valence-electron chi connectivity index (χ4n) is 3.10. The summed E-state index contributed by atoms with van der Waals surface area (Å²) in [6, 6.07) is 10.2. The Labute approximate surface area is 125 Å². The Morgan fingerprint density at radius 1 is 1.19 bits per heavy atom. The van der Waals surface area contributed by atoms with Gasteiger partial charge in [0.05, 0.1) is 17.4 Å². The zero-order valence-corrected chi connectivity index (χ0v) is 12.7. The van der Waals surface area contributed by atoms with Gasteiger partial charge in [0, 0.05) is 24.8 Å². The molecule has 1 N–H and O–H groups in total. The van der Waals surface area contributed by atoms with Crippen molar-refractivity contribution in [2.45, 2.75) is 18.9 Å². The van der Waals surface area contributed by atoms with E-state index in [1.54, 1.807) is 0 Å². The van der Waals surface area contributed by atoms with Crippen molar-refractivity contribution < 1.29 is 13.2 Å². The van der Waals surface area contributed by atoms with Gasteiger partial charge in [0.15, 0.2) is 9.84 Å². The number of hydrogen-bond donors (Lipinski definition) is 1. The van der Waals surface area contributed by atoms with Crippen LogP contribution in [0.25, 0.3) is 0 Å². The summed E-state index contributed by atoms with van der Waals surface area (Å²) in [4.78, 5) is 14.2. The van der Waals surface area contributed by atoms with Gasteiger partial charge in [0.1, 0.15) is 0 Å². The zero-order chi connectivity index (χ0) is 14.9. The zero-order valence-electron chi connectivity index (χ0n) is 11.9. The number of nitrogens with one attached hydrogen (secondary N) is 1. The van der Waals surface area contributed by atoms with Crippen molar-refractivity contribution in [3.63, 3.8) is 0 Å². The Hall–Kier alpha value is -1.56. The van der Waals surface area contributed by atoms with Crippen molar-refractivity contribution in [3.05, 3.63) is 30.3 Å². The summed E-state index contributed by atoms with van der Waals surface area (Å²) in [5.41, 5.74) is 1.06. The van der Waals surface area contributed by atoms with E-state index in [4.69, 9.17) is 0 Å². The molecule has 0 aromatic heterocycles. The monoisotopic (exact) mass is 308 g/mol. The van der Waals surface area contributed by atoms with Gasteiger partial charge in [-0.2, -0.15) is 0 Å². The van der Waals surface area contributed by atoms with Crippen molar-refractivity contribution in [2.75, 3.05) is 29.9 Å². The average molecular weight is 308 g/mol. The molecule has 1 amide bonds. The molecule has 5 nitrogen and oxygen atoms in total. The van der Waals surface area contributed by atoms with E-state index in [-0.39, 0.29) is 29.4 Å². The Balaban J connectivity index is 1.56. The molecule has 2 saturated heterocycles. The Kier molecular flexibility index (Phi) is 3.89. The molecule has 21 heavy (non-hydrogen) atoms. The minimum atomic E-state index is -3.00. The van der Waals surface area contributed by atoms with Crippen LogP contribution in [0.1, 0.15) is 12.8 Å². The largest absolute Gasteiger partial charge is 0.380 e. The average Bonchev–Trinajstić information content (AvgIpc) is 3.06. The van der Waals surface area contributed by atoms with Crippen molar-refractivity contribution in [3.8, 4) is 0 Å². The Morgan fingerprint density at radius 2 is 1.95 bits per heavy atom. The van der Waals surface area contributed by atoms with Crippen molar-refractivity contribution in [1.29, 1.82) is 0 Å². The van der Waals surface area contributed by atoms with E-state index in [0.717, 1.165) is 12.1 Å². The number of nitrogens with zero attached hydrogens (tertiary/aromatic N) is 1. The molecule has 0 spiro atoms. The molecule has 2 heterocycles. The number of carbonyl (C=O) groups excluding carboxylic acids is 1. The number of rotatable bonds is 3.